The molecule has 0 aliphatic carbocycles. The van der Waals surface area contributed by atoms with E-state index in [-0.39, 0.29) is 18.2 Å². The number of amides is 1. The monoisotopic (exact) mass is 318 g/mol. The lowest BCUT2D eigenvalue weighted by Crippen LogP contribution is -2.28. The summed E-state index contributed by atoms with van der Waals surface area (Å²) in [6.45, 7) is 6.87. The molecule has 1 N–H and O–H groups in total. The summed E-state index contributed by atoms with van der Waals surface area (Å²) < 4.78 is 15.8. The number of carbonyl (C=O) groups is 1. The molecule has 0 fully saturated rings. The molecule has 2 rings (SSSR count). The maximum absolute atomic E-state index is 12.1. The number of carbonyl (C=O) groups excluding carboxylic acids is 1. The highest BCUT2D eigenvalue weighted by Crippen LogP contribution is 2.20. The average molecular weight is 318 g/mol. The molecule has 1 heterocycles. The summed E-state index contributed by atoms with van der Waals surface area (Å²) in [4.78, 5) is 12.1. The molecule has 1 aromatic heterocycles. The SMILES string of the molecule is COCCNC(=O)c1noc(C)c1COc1cc(C)cc(C)c1. The second-order valence-corrected chi connectivity index (χ2v) is 5.43. The van der Waals surface area contributed by atoms with Gasteiger partial charge in [-0.15, -0.1) is 0 Å². The van der Waals surface area contributed by atoms with E-state index in [0.29, 0.717) is 24.5 Å². The zero-order valence-corrected chi connectivity index (χ0v) is 13.9. The van der Waals surface area contributed by atoms with Crippen molar-refractivity contribution in [2.24, 2.45) is 0 Å². The summed E-state index contributed by atoms with van der Waals surface area (Å²) in [6, 6.07) is 5.98. The third kappa shape index (κ3) is 4.56. The normalized spacial score (nSPS) is 10.6. The van der Waals surface area contributed by atoms with Crippen molar-refractivity contribution in [3.8, 4) is 5.75 Å². The van der Waals surface area contributed by atoms with Gasteiger partial charge in [0.2, 0.25) is 0 Å². The maximum Gasteiger partial charge on any atom is 0.273 e. The Morgan fingerprint density at radius 2 is 1.91 bits per heavy atom. The lowest BCUT2D eigenvalue weighted by molar-refractivity contribution is 0.0926. The molecule has 0 saturated heterocycles. The van der Waals surface area contributed by atoms with E-state index >= 15 is 0 Å². The molecule has 0 saturated carbocycles. The Morgan fingerprint density at radius 1 is 1.22 bits per heavy atom. The highest BCUT2D eigenvalue weighted by Gasteiger charge is 2.20. The summed E-state index contributed by atoms with van der Waals surface area (Å²) in [7, 11) is 1.58. The van der Waals surface area contributed by atoms with Crippen molar-refractivity contribution in [2.75, 3.05) is 20.3 Å². The fourth-order valence-corrected chi connectivity index (χ4v) is 2.26. The molecule has 0 atom stereocenters. The van der Waals surface area contributed by atoms with Crippen LogP contribution in [0.2, 0.25) is 0 Å². The Labute approximate surface area is 135 Å². The number of hydrogen-bond acceptors (Lipinski definition) is 5. The van der Waals surface area contributed by atoms with Crippen molar-refractivity contribution < 1.29 is 18.8 Å². The van der Waals surface area contributed by atoms with E-state index in [1.807, 2.05) is 26.0 Å². The topological polar surface area (TPSA) is 73.6 Å². The van der Waals surface area contributed by atoms with Crippen LogP contribution in [-0.2, 0) is 11.3 Å². The number of nitrogens with zero attached hydrogens (tertiary/aromatic N) is 1. The van der Waals surface area contributed by atoms with E-state index in [1.54, 1.807) is 14.0 Å². The van der Waals surface area contributed by atoms with Crippen LogP contribution >= 0.6 is 0 Å². The minimum absolute atomic E-state index is 0.227. The van der Waals surface area contributed by atoms with Crippen LogP contribution in [0.25, 0.3) is 0 Å². The smallest absolute Gasteiger partial charge is 0.273 e. The number of aryl methyl sites for hydroxylation is 3. The van der Waals surface area contributed by atoms with Crippen LogP contribution in [0.3, 0.4) is 0 Å². The highest BCUT2D eigenvalue weighted by atomic mass is 16.5. The third-order valence-electron chi connectivity index (χ3n) is 3.37. The number of hydrogen-bond donors (Lipinski definition) is 1. The first kappa shape index (κ1) is 17.0. The zero-order chi connectivity index (χ0) is 16.8. The molecule has 2 aromatic rings. The first-order valence-electron chi connectivity index (χ1n) is 7.44. The minimum Gasteiger partial charge on any atom is -0.489 e. The summed E-state index contributed by atoms with van der Waals surface area (Å²) in [5, 5.41) is 6.56. The van der Waals surface area contributed by atoms with Gasteiger partial charge in [0.1, 0.15) is 18.1 Å². The number of nitrogens with one attached hydrogen (secondary N) is 1. The van der Waals surface area contributed by atoms with Crippen molar-refractivity contribution in [2.45, 2.75) is 27.4 Å². The fraction of sp³-hybridized carbons (Fsp3) is 0.412. The van der Waals surface area contributed by atoms with E-state index < -0.39 is 0 Å². The van der Waals surface area contributed by atoms with E-state index in [0.717, 1.165) is 16.9 Å². The van der Waals surface area contributed by atoms with Crippen molar-refractivity contribution in [1.29, 1.82) is 0 Å². The number of benzene rings is 1. The predicted octanol–water partition coefficient (Wildman–Crippen LogP) is 2.56. The molecule has 6 heteroatoms. The number of rotatable bonds is 7. The van der Waals surface area contributed by atoms with Crippen LogP contribution in [0.4, 0.5) is 0 Å². The van der Waals surface area contributed by atoms with Crippen LogP contribution in [0.5, 0.6) is 5.75 Å². The van der Waals surface area contributed by atoms with Crippen LogP contribution < -0.4 is 10.1 Å². The minimum atomic E-state index is -0.294. The molecule has 124 valence electrons. The van der Waals surface area contributed by atoms with Crippen molar-refractivity contribution in [1.82, 2.24) is 10.5 Å². The van der Waals surface area contributed by atoms with Crippen molar-refractivity contribution >= 4 is 5.91 Å². The van der Waals surface area contributed by atoms with Gasteiger partial charge in [0, 0.05) is 13.7 Å². The molecule has 0 unspecified atom stereocenters. The predicted molar refractivity (Wildman–Crippen MR) is 85.7 cm³/mol. The van der Waals surface area contributed by atoms with Gasteiger partial charge in [0.25, 0.3) is 5.91 Å². The summed E-state index contributed by atoms with van der Waals surface area (Å²) in [5.74, 6) is 1.04. The quantitative estimate of drug-likeness (QED) is 0.794. The standard InChI is InChI=1S/C17H22N2O4/c1-11-7-12(2)9-14(8-11)22-10-15-13(3)23-19-16(15)17(20)18-5-6-21-4/h7-9H,5-6,10H2,1-4H3,(H,18,20). The Bertz CT molecular complexity index is 659. The average Bonchev–Trinajstić information content (AvgIpc) is 2.85. The first-order chi connectivity index (χ1) is 11.0. The summed E-state index contributed by atoms with van der Waals surface area (Å²) >= 11 is 0. The van der Waals surface area contributed by atoms with Crippen LogP contribution in [0, 0.1) is 20.8 Å². The molecule has 23 heavy (non-hydrogen) atoms. The van der Waals surface area contributed by atoms with E-state index in [4.69, 9.17) is 14.0 Å². The van der Waals surface area contributed by atoms with E-state index in [1.165, 1.54) is 0 Å². The van der Waals surface area contributed by atoms with Gasteiger partial charge in [-0.05, 0) is 44.0 Å². The van der Waals surface area contributed by atoms with Crippen LogP contribution in [-0.4, -0.2) is 31.3 Å². The summed E-state index contributed by atoms with van der Waals surface area (Å²) in [6.07, 6.45) is 0. The Kier molecular flexibility index (Phi) is 5.76. The fourth-order valence-electron chi connectivity index (χ4n) is 2.26. The first-order valence-corrected chi connectivity index (χ1v) is 7.44. The maximum atomic E-state index is 12.1. The number of aromatic nitrogens is 1. The van der Waals surface area contributed by atoms with E-state index in [2.05, 4.69) is 16.5 Å². The Balaban J connectivity index is 2.07. The Hall–Kier alpha value is -2.34. The largest absolute Gasteiger partial charge is 0.489 e. The van der Waals surface area contributed by atoms with Crippen molar-refractivity contribution in [3.05, 3.63) is 46.3 Å². The van der Waals surface area contributed by atoms with Gasteiger partial charge in [0.15, 0.2) is 5.69 Å². The zero-order valence-electron chi connectivity index (χ0n) is 13.9. The Morgan fingerprint density at radius 3 is 2.57 bits per heavy atom. The molecule has 6 nitrogen and oxygen atoms in total. The molecular weight excluding hydrogens is 296 g/mol. The molecule has 0 radical (unpaired) electrons. The van der Waals surface area contributed by atoms with Gasteiger partial charge in [-0.2, -0.15) is 0 Å². The van der Waals surface area contributed by atoms with Gasteiger partial charge in [-0.1, -0.05) is 11.2 Å². The lowest BCUT2D eigenvalue weighted by Gasteiger charge is -2.09. The molecule has 1 amide bonds. The molecular formula is C17H22N2O4. The van der Waals surface area contributed by atoms with Gasteiger partial charge in [-0.25, -0.2) is 0 Å². The number of methoxy groups -OCH3 is 1. The lowest BCUT2D eigenvalue weighted by atomic mass is 10.1. The number of ether oxygens (including phenoxy) is 2. The van der Waals surface area contributed by atoms with Gasteiger partial charge in [-0.3, -0.25) is 4.79 Å². The van der Waals surface area contributed by atoms with Crippen molar-refractivity contribution in [3.63, 3.8) is 0 Å². The van der Waals surface area contributed by atoms with Crippen LogP contribution in [0.15, 0.2) is 22.7 Å². The second kappa shape index (κ2) is 7.78. The van der Waals surface area contributed by atoms with Crippen LogP contribution in [0.1, 0.15) is 32.9 Å². The second-order valence-electron chi connectivity index (χ2n) is 5.43. The van der Waals surface area contributed by atoms with Gasteiger partial charge in [0.05, 0.1) is 12.2 Å². The molecule has 1 aromatic carbocycles. The molecule has 0 spiro atoms. The highest BCUT2D eigenvalue weighted by molar-refractivity contribution is 5.93. The molecule has 0 bridgehead atoms. The van der Waals surface area contributed by atoms with Gasteiger partial charge < -0.3 is 19.3 Å². The summed E-state index contributed by atoms with van der Waals surface area (Å²) in [5.41, 5.74) is 3.15. The molecule has 0 aliphatic rings. The van der Waals surface area contributed by atoms with Gasteiger partial charge >= 0.3 is 0 Å². The van der Waals surface area contributed by atoms with E-state index in [9.17, 15) is 4.79 Å². The molecule has 0 aliphatic heterocycles. The third-order valence-corrected chi connectivity index (χ3v) is 3.37.